The van der Waals surface area contributed by atoms with E-state index in [0.717, 1.165) is 11.3 Å². The average molecular weight is 374 g/mol. The lowest BCUT2D eigenvalue weighted by Crippen LogP contribution is -2.15. The molecule has 2 heterocycles. The highest BCUT2D eigenvalue weighted by molar-refractivity contribution is 6.15. The molecule has 1 amide bonds. The predicted molar refractivity (Wildman–Crippen MR) is 105 cm³/mol. The molecule has 140 valence electrons. The highest BCUT2D eigenvalue weighted by Gasteiger charge is 2.30. The molecule has 0 saturated heterocycles. The van der Waals surface area contributed by atoms with Crippen LogP contribution in [0.2, 0.25) is 0 Å². The molecule has 1 saturated carbocycles. The lowest BCUT2D eigenvalue weighted by Gasteiger charge is -2.14. The van der Waals surface area contributed by atoms with Gasteiger partial charge in [-0.05, 0) is 55.5 Å². The average Bonchev–Trinajstić information content (AvgIpc) is 3.45. The molecule has 1 atom stereocenters. The Morgan fingerprint density at radius 2 is 1.96 bits per heavy atom. The number of halogens is 1. The Morgan fingerprint density at radius 3 is 2.68 bits per heavy atom. The number of carbonyl (C=O) groups is 1. The number of hydrogen-bond acceptors (Lipinski definition) is 3. The number of fused-ring (bicyclic) bond motifs is 3. The van der Waals surface area contributed by atoms with Gasteiger partial charge >= 0.3 is 0 Å². The summed E-state index contributed by atoms with van der Waals surface area (Å²) in [5.41, 5.74) is 10.3. The van der Waals surface area contributed by atoms with Crippen LogP contribution in [0, 0.1) is 5.82 Å². The van der Waals surface area contributed by atoms with Gasteiger partial charge in [0.15, 0.2) is 5.69 Å². The van der Waals surface area contributed by atoms with Crippen molar-refractivity contribution in [3.63, 3.8) is 0 Å². The van der Waals surface area contributed by atoms with Gasteiger partial charge in [0.05, 0.1) is 23.1 Å². The molecule has 0 radical (unpaired) electrons. The van der Waals surface area contributed by atoms with Gasteiger partial charge < -0.3 is 5.73 Å². The number of carbonyl (C=O) groups excluding carboxylic acids is 1. The second-order valence-corrected chi connectivity index (χ2v) is 7.40. The largest absolute Gasteiger partial charge is 0.364 e. The van der Waals surface area contributed by atoms with E-state index < -0.39 is 11.9 Å². The molecule has 3 aromatic rings. The first kappa shape index (κ1) is 16.9. The van der Waals surface area contributed by atoms with Crippen molar-refractivity contribution in [1.29, 1.82) is 0 Å². The van der Waals surface area contributed by atoms with Crippen LogP contribution in [0.25, 0.3) is 5.69 Å². The third kappa shape index (κ3) is 2.56. The fourth-order valence-corrected chi connectivity index (χ4v) is 3.96. The third-order valence-corrected chi connectivity index (χ3v) is 5.47. The first-order valence-electron chi connectivity index (χ1n) is 9.39. The number of primary amides is 1. The van der Waals surface area contributed by atoms with E-state index in [4.69, 9.17) is 10.7 Å². The molecule has 1 aliphatic heterocycles. The normalized spacial score (nSPS) is 18.1. The fraction of sp³-hybridized carbons (Fsp3) is 0.227. The highest BCUT2D eigenvalue weighted by Crippen LogP contribution is 2.42. The van der Waals surface area contributed by atoms with Crippen molar-refractivity contribution in [1.82, 2.24) is 9.55 Å². The van der Waals surface area contributed by atoms with Crippen molar-refractivity contribution in [2.24, 2.45) is 10.7 Å². The van der Waals surface area contributed by atoms with Gasteiger partial charge in [-0.2, -0.15) is 0 Å². The summed E-state index contributed by atoms with van der Waals surface area (Å²) in [5.74, 6) is -0.367. The van der Waals surface area contributed by atoms with Crippen LogP contribution in [0.15, 0.2) is 53.8 Å². The summed E-state index contributed by atoms with van der Waals surface area (Å²) in [6.45, 7) is 1.87. The zero-order valence-corrected chi connectivity index (χ0v) is 15.4. The third-order valence-electron chi connectivity index (χ3n) is 5.47. The standard InChI is InChI=1S/C22H19FN4O/c1-12-21-20(22(24)28)25-11-27(21)18-9-8-14(13-6-7-13)10-16(18)19(26-12)15-4-2-3-5-17(15)23/h2-5,8-13H,6-7H2,1H3,(H2,24,28)/t12-/m1/s1. The van der Waals surface area contributed by atoms with Crippen LogP contribution in [0.1, 0.15) is 64.6 Å². The summed E-state index contributed by atoms with van der Waals surface area (Å²) in [6, 6.07) is 12.4. The topological polar surface area (TPSA) is 73.3 Å². The maximum atomic E-state index is 14.7. The summed E-state index contributed by atoms with van der Waals surface area (Å²) in [4.78, 5) is 21.0. The number of nitrogens with two attached hydrogens (primary N) is 1. The molecule has 5 rings (SSSR count). The smallest absolute Gasteiger partial charge is 0.269 e. The lowest BCUT2D eigenvalue weighted by atomic mass is 9.96. The number of benzene rings is 2. The Kier molecular flexibility index (Phi) is 3.69. The molecule has 0 unspecified atom stereocenters. The van der Waals surface area contributed by atoms with E-state index in [9.17, 15) is 9.18 Å². The predicted octanol–water partition coefficient (Wildman–Crippen LogP) is 3.90. The van der Waals surface area contributed by atoms with Crippen molar-refractivity contribution in [3.05, 3.63) is 82.7 Å². The maximum Gasteiger partial charge on any atom is 0.269 e. The lowest BCUT2D eigenvalue weighted by molar-refractivity contribution is 0.0994. The molecule has 5 nitrogen and oxygen atoms in total. The summed E-state index contributed by atoms with van der Waals surface area (Å²) in [5, 5.41) is 0. The van der Waals surface area contributed by atoms with Gasteiger partial charge in [0.25, 0.3) is 5.91 Å². The number of amides is 1. The Labute approximate surface area is 161 Å². The van der Waals surface area contributed by atoms with Crippen LogP contribution in [0.5, 0.6) is 0 Å². The highest BCUT2D eigenvalue weighted by atomic mass is 19.1. The first-order chi connectivity index (χ1) is 13.5. The van der Waals surface area contributed by atoms with E-state index in [0.29, 0.717) is 22.9 Å². The van der Waals surface area contributed by atoms with Gasteiger partial charge in [0.1, 0.15) is 12.1 Å². The SMILES string of the molecule is C[C@H]1N=C(c2ccccc2F)c2cc(C3CC3)ccc2-n2cnc(C(N)=O)c21. The summed E-state index contributed by atoms with van der Waals surface area (Å²) < 4.78 is 16.5. The molecule has 28 heavy (non-hydrogen) atoms. The number of rotatable bonds is 3. The molecule has 1 fully saturated rings. The zero-order valence-electron chi connectivity index (χ0n) is 15.4. The van der Waals surface area contributed by atoms with Gasteiger partial charge in [0, 0.05) is 11.1 Å². The second kappa shape index (κ2) is 6.12. The monoisotopic (exact) mass is 374 g/mol. The Balaban J connectivity index is 1.81. The molecule has 0 spiro atoms. The van der Waals surface area contributed by atoms with Crippen molar-refractivity contribution >= 4 is 11.6 Å². The molecular formula is C22H19FN4O. The van der Waals surface area contributed by atoms with Crippen LogP contribution in [0.4, 0.5) is 4.39 Å². The van der Waals surface area contributed by atoms with Crippen LogP contribution < -0.4 is 5.73 Å². The molecule has 0 bridgehead atoms. The van der Waals surface area contributed by atoms with Crippen molar-refractivity contribution < 1.29 is 9.18 Å². The number of hydrogen-bond donors (Lipinski definition) is 1. The number of aliphatic imine (C=N–C) groups is 1. The van der Waals surface area contributed by atoms with Crippen molar-refractivity contribution in [2.75, 3.05) is 0 Å². The van der Waals surface area contributed by atoms with Gasteiger partial charge in [-0.3, -0.25) is 14.4 Å². The number of nitrogens with zero attached hydrogens (tertiary/aromatic N) is 3. The Hall–Kier alpha value is -3.28. The quantitative estimate of drug-likeness (QED) is 0.755. The fourth-order valence-electron chi connectivity index (χ4n) is 3.96. The molecule has 6 heteroatoms. The minimum Gasteiger partial charge on any atom is -0.364 e. The summed E-state index contributed by atoms with van der Waals surface area (Å²) in [6.07, 6.45) is 3.94. The Morgan fingerprint density at radius 1 is 1.18 bits per heavy atom. The van der Waals surface area contributed by atoms with Crippen LogP contribution in [-0.2, 0) is 0 Å². The first-order valence-corrected chi connectivity index (χ1v) is 9.39. The summed E-state index contributed by atoms with van der Waals surface area (Å²) >= 11 is 0. The molecule has 2 aromatic carbocycles. The van der Waals surface area contributed by atoms with Crippen molar-refractivity contribution in [2.45, 2.75) is 31.7 Å². The van der Waals surface area contributed by atoms with E-state index in [1.807, 2.05) is 17.6 Å². The molecule has 1 aromatic heterocycles. The van der Waals surface area contributed by atoms with Crippen LogP contribution >= 0.6 is 0 Å². The molecule has 1 aliphatic carbocycles. The van der Waals surface area contributed by atoms with Crippen molar-refractivity contribution in [3.8, 4) is 5.69 Å². The van der Waals surface area contributed by atoms with Crippen LogP contribution in [0.3, 0.4) is 0 Å². The zero-order chi connectivity index (χ0) is 19.4. The second-order valence-electron chi connectivity index (χ2n) is 7.40. The van der Waals surface area contributed by atoms with E-state index in [1.54, 1.807) is 24.5 Å². The van der Waals surface area contributed by atoms with E-state index in [-0.39, 0.29) is 11.5 Å². The van der Waals surface area contributed by atoms with E-state index in [1.165, 1.54) is 24.5 Å². The van der Waals surface area contributed by atoms with E-state index in [2.05, 4.69) is 17.1 Å². The number of imidazole rings is 1. The summed E-state index contributed by atoms with van der Waals surface area (Å²) in [7, 11) is 0. The maximum absolute atomic E-state index is 14.7. The van der Waals surface area contributed by atoms with Gasteiger partial charge in [-0.1, -0.05) is 18.2 Å². The molecule has 2 N–H and O–H groups in total. The molecule has 2 aliphatic rings. The van der Waals surface area contributed by atoms with Gasteiger partial charge in [-0.15, -0.1) is 0 Å². The van der Waals surface area contributed by atoms with Gasteiger partial charge in [-0.25, -0.2) is 9.37 Å². The molecular weight excluding hydrogens is 355 g/mol. The minimum absolute atomic E-state index is 0.197. The van der Waals surface area contributed by atoms with Gasteiger partial charge in [0.2, 0.25) is 0 Å². The number of aromatic nitrogens is 2. The van der Waals surface area contributed by atoms with Crippen LogP contribution in [-0.4, -0.2) is 21.2 Å². The Bertz CT molecular complexity index is 1140. The van der Waals surface area contributed by atoms with E-state index >= 15 is 0 Å². The minimum atomic E-state index is -0.596.